The van der Waals surface area contributed by atoms with Gasteiger partial charge in [0.15, 0.2) is 5.58 Å². The number of carbonyl (C=O) groups excluding carboxylic acids is 3. The lowest BCUT2D eigenvalue weighted by Gasteiger charge is -2.34. The minimum Gasteiger partial charge on any atom is -0.447 e. The third-order valence-electron chi connectivity index (χ3n) is 6.49. The number of hydrogen-bond donors (Lipinski definition) is 2. The lowest BCUT2D eigenvalue weighted by Crippen LogP contribution is -2.40. The number of anilines is 2. The van der Waals surface area contributed by atoms with E-state index in [9.17, 15) is 14.4 Å². The average Bonchev–Trinajstić information content (AvgIpc) is 3.44. The SMILES string of the molecule is O=C(Nc1ccc(Cl)cn1)c1oc2cccnc2c1NC(=O)C1CCC(N2CCCC2=O)CC1. The summed E-state index contributed by atoms with van der Waals surface area (Å²) in [5.41, 5.74) is 1.04. The number of carbonyl (C=O) groups is 3. The van der Waals surface area contributed by atoms with Crippen molar-refractivity contribution in [3.8, 4) is 0 Å². The van der Waals surface area contributed by atoms with Crippen molar-refractivity contribution in [2.45, 2.75) is 44.6 Å². The number of likely N-dealkylation sites (tertiary alicyclic amines) is 1. The van der Waals surface area contributed by atoms with Gasteiger partial charge in [0.2, 0.25) is 17.6 Å². The third-order valence-corrected chi connectivity index (χ3v) is 6.71. The number of aromatic nitrogens is 2. The van der Waals surface area contributed by atoms with Crippen molar-refractivity contribution in [3.05, 3.63) is 47.4 Å². The Labute approximate surface area is 200 Å². The van der Waals surface area contributed by atoms with Gasteiger partial charge in [-0.25, -0.2) is 4.98 Å². The minimum atomic E-state index is -0.556. The predicted molar refractivity (Wildman–Crippen MR) is 127 cm³/mol. The molecule has 0 radical (unpaired) electrons. The molecule has 34 heavy (non-hydrogen) atoms. The Kier molecular flexibility index (Phi) is 6.19. The van der Waals surface area contributed by atoms with E-state index in [0.29, 0.717) is 41.2 Å². The van der Waals surface area contributed by atoms with Gasteiger partial charge in [-0.15, -0.1) is 0 Å². The summed E-state index contributed by atoms with van der Waals surface area (Å²) in [5.74, 6) is -0.478. The number of halogens is 1. The van der Waals surface area contributed by atoms with Gasteiger partial charge in [-0.2, -0.15) is 0 Å². The van der Waals surface area contributed by atoms with Crippen LogP contribution in [0.5, 0.6) is 0 Å². The molecule has 0 spiro atoms. The van der Waals surface area contributed by atoms with E-state index in [1.807, 2.05) is 4.90 Å². The van der Waals surface area contributed by atoms with Gasteiger partial charge in [0.25, 0.3) is 5.91 Å². The van der Waals surface area contributed by atoms with E-state index in [0.717, 1.165) is 25.8 Å². The minimum absolute atomic E-state index is 0.0462. The molecule has 3 amide bonds. The van der Waals surface area contributed by atoms with Crippen LogP contribution in [0.4, 0.5) is 11.5 Å². The molecule has 1 aliphatic carbocycles. The molecule has 2 N–H and O–H groups in total. The summed E-state index contributed by atoms with van der Waals surface area (Å²) in [6.45, 7) is 0.813. The van der Waals surface area contributed by atoms with E-state index in [4.69, 9.17) is 16.0 Å². The number of furan rings is 1. The molecule has 3 aromatic rings. The highest BCUT2D eigenvalue weighted by Crippen LogP contribution is 2.34. The number of nitrogens with zero attached hydrogens (tertiary/aromatic N) is 3. The summed E-state index contributed by atoms with van der Waals surface area (Å²) in [7, 11) is 0. The molecule has 1 saturated heterocycles. The molecule has 9 nitrogen and oxygen atoms in total. The molecule has 1 aliphatic heterocycles. The highest BCUT2D eigenvalue weighted by molar-refractivity contribution is 6.30. The summed E-state index contributed by atoms with van der Waals surface area (Å²) in [6.07, 6.45) is 7.49. The number of hydrogen-bond acceptors (Lipinski definition) is 6. The highest BCUT2D eigenvalue weighted by atomic mass is 35.5. The summed E-state index contributed by atoms with van der Waals surface area (Å²) >= 11 is 5.86. The van der Waals surface area contributed by atoms with Crippen LogP contribution in [-0.4, -0.2) is 45.2 Å². The van der Waals surface area contributed by atoms with Gasteiger partial charge in [-0.3, -0.25) is 19.4 Å². The first kappa shape index (κ1) is 22.3. The molecule has 10 heteroatoms. The molecule has 0 aromatic carbocycles. The molecule has 2 fully saturated rings. The zero-order valence-corrected chi connectivity index (χ0v) is 19.2. The van der Waals surface area contributed by atoms with Crippen LogP contribution >= 0.6 is 11.6 Å². The number of fused-ring (bicyclic) bond motifs is 1. The molecule has 2 aliphatic rings. The van der Waals surface area contributed by atoms with E-state index >= 15 is 0 Å². The van der Waals surface area contributed by atoms with Crippen molar-refractivity contribution in [3.63, 3.8) is 0 Å². The van der Waals surface area contributed by atoms with Gasteiger partial charge in [0.05, 0.1) is 5.02 Å². The van der Waals surface area contributed by atoms with E-state index in [1.165, 1.54) is 6.20 Å². The maximum Gasteiger partial charge on any atom is 0.294 e. The molecule has 0 bridgehead atoms. The fourth-order valence-corrected chi connectivity index (χ4v) is 4.87. The first-order chi connectivity index (χ1) is 16.5. The summed E-state index contributed by atoms with van der Waals surface area (Å²) < 4.78 is 5.75. The van der Waals surface area contributed by atoms with Gasteiger partial charge in [0, 0.05) is 37.3 Å². The fraction of sp³-hybridized carbons (Fsp3) is 0.375. The van der Waals surface area contributed by atoms with Crippen molar-refractivity contribution in [1.29, 1.82) is 0 Å². The van der Waals surface area contributed by atoms with Crippen LogP contribution in [0.3, 0.4) is 0 Å². The number of amides is 3. The Morgan fingerprint density at radius 3 is 2.62 bits per heavy atom. The lowest BCUT2D eigenvalue weighted by atomic mass is 9.84. The van der Waals surface area contributed by atoms with Crippen LogP contribution in [0.15, 0.2) is 41.1 Å². The summed E-state index contributed by atoms with van der Waals surface area (Å²) in [4.78, 5) is 48.5. The second-order valence-electron chi connectivity index (χ2n) is 8.66. The molecular formula is C24H24ClN5O4. The van der Waals surface area contributed by atoms with Crippen LogP contribution in [0.2, 0.25) is 5.02 Å². The van der Waals surface area contributed by atoms with E-state index in [1.54, 1.807) is 30.5 Å². The molecule has 0 unspecified atom stereocenters. The monoisotopic (exact) mass is 481 g/mol. The molecule has 176 valence electrons. The normalized spacial score (nSPS) is 20.5. The fourth-order valence-electron chi connectivity index (χ4n) is 4.76. The van der Waals surface area contributed by atoms with Crippen molar-refractivity contribution < 1.29 is 18.8 Å². The molecule has 3 aromatic heterocycles. The van der Waals surface area contributed by atoms with Crippen LogP contribution in [0.1, 0.15) is 49.1 Å². The van der Waals surface area contributed by atoms with Crippen LogP contribution in [-0.2, 0) is 9.59 Å². The Morgan fingerprint density at radius 2 is 1.91 bits per heavy atom. The first-order valence-corrected chi connectivity index (χ1v) is 11.8. The van der Waals surface area contributed by atoms with Gasteiger partial charge >= 0.3 is 0 Å². The largest absolute Gasteiger partial charge is 0.447 e. The highest BCUT2D eigenvalue weighted by Gasteiger charge is 2.34. The number of nitrogens with one attached hydrogen (secondary N) is 2. The summed E-state index contributed by atoms with van der Waals surface area (Å²) in [6, 6.07) is 6.78. The van der Waals surface area contributed by atoms with E-state index in [2.05, 4.69) is 20.6 Å². The maximum absolute atomic E-state index is 13.2. The Balaban J connectivity index is 1.32. The summed E-state index contributed by atoms with van der Waals surface area (Å²) in [5, 5.41) is 6.00. The number of pyridine rings is 2. The first-order valence-electron chi connectivity index (χ1n) is 11.4. The van der Waals surface area contributed by atoms with Gasteiger partial charge in [-0.1, -0.05) is 11.6 Å². The Bertz CT molecular complexity index is 1230. The molecular weight excluding hydrogens is 458 g/mol. The topological polar surface area (TPSA) is 117 Å². The molecule has 5 rings (SSSR count). The zero-order chi connectivity index (χ0) is 23.7. The van der Waals surface area contributed by atoms with Gasteiger partial charge in [0.1, 0.15) is 17.0 Å². The lowest BCUT2D eigenvalue weighted by molar-refractivity contribution is -0.130. The predicted octanol–water partition coefficient (Wildman–Crippen LogP) is 4.25. The second-order valence-corrected chi connectivity index (χ2v) is 9.09. The third kappa shape index (κ3) is 4.48. The van der Waals surface area contributed by atoms with E-state index in [-0.39, 0.29) is 35.2 Å². The van der Waals surface area contributed by atoms with Crippen molar-refractivity contribution in [2.75, 3.05) is 17.2 Å². The smallest absolute Gasteiger partial charge is 0.294 e. The molecule has 4 heterocycles. The maximum atomic E-state index is 13.2. The average molecular weight is 482 g/mol. The zero-order valence-electron chi connectivity index (χ0n) is 18.4. The standard InChI is InChI=1S/C24H24ClN5O4/c25-15-7-10-18(27-13-15)28-24(33)22-21(20-17(34-22)3-1-11-26-20)29-23(32)14-5-8-16(9-6-14)30-12-2-4-19(30)31/h1,3,7,10-11,13-14,16H,2,4-6,8-9,12H2,(H,29,32)(H,27,28,33). The Hall–Kier alpha value is -3.46. The second kappa shape index (κ2) is 9.42. The van der Waals surface area contributed by atoms with Crippen molar-refractivity contribution >= 4 is 51.9 Å². The van der Waals surface area contributed by atoms with E-state index < -0.39 is 5.91 Å². The Morgan fingerprint density at radius 1 is 1.09 bits per heavy atom. The van der Waals surface area contributed by atoms with Crippen LogP contribution in [0.25, 0.3) is 11.1 Å². The van der Waals surface area contributed by atoms with Crippen LogP contribution in [0, 0.1) is 5.92 Å². The quantitative estimate of drug-likeness (QED) is 0.562. The van der Waals surface area contributed by atoms with Crippen LogP contribution < -0.4 is 10.6 Å². The number of rotatable bonds is 5. The van der Waals surface area contributed by atoms with Gasteiger partial charge < -0.3 is 20.0 Å². The van der Waals surface area contributed by atoms with Gasteiger partial charge in [-0.05, 0) is 56.4 Å². The molecule has 0 atom stereocenters. The van der Waals surface area contributed by atoms with Crippen molar-refractivity contribution in [1.82, 2.24) is 14.9 Å². The molecule has 1 saturated carbocycles. The van der Waals surface area contributed by atoms with Crippen molar-refractivity contribution in [2.24, 2.45) is 5.92 Å².